The summed E-state index contributed by atoms with van der Waals surface area (Å²) in [5, 5.41) is 11.1. The lowest BCUT2D eigenvalue weighted by atomic mass is 10.1. The second-order valence-electron chi connectivity index (χ2n) is 3.28. The van der Waals surface area contributed by atoms with E-state index in [-0.39, 0.29) is 12.4 Å². The maximum atomic E-state index is 13.0. The van der Waals surface area contributed by atoms with E-state index in [1.807, 2.05) is 0 Å². The molecule has 0 aliphatic carbocycles. The van der Waals surface area contributed by atoms with Gasteiger partial charge in [-0.1, -0.05) is 0 Å². The summed E-state index contributed by atoms with van der Waals surface area (Å²) in [6, 6.07) is 4.27. The molecule has 0 heterocycles. The Hall–Kier alpha value is -1.62. The molecule has 0 bridgehead atoms. The summed E-state index contributed by atoms with van der Waals surface area (Å²) in [7, 11) is 1.52. The highest BCUT2D eigenvalue weighted by molar-refractivity contribution is 5.68. The Morgan fingerprint density at radius 2 is 2.31 bits per heavy atom. The maximum Gasteiger partial charge on any atom is 0.317 e. The molecule has 2 N–H and O–H groups in total. The number of carboxylic acid groups (broad SMARTS) is 1. The summed E-state index contributed by atoms with van der Waals surface area (Å²) in [6.45, 7) is 0.365. The summed E-state index contributed by atoms with van der Waals surface area (Å²) in [5.74, 6) is -0.626. The third-order valence-electron chi connectivity index (χ3n) is 2.09. The van der Waals surface area contributed by atoms with Crippen molar-refractivity contribution in [2.75, 3.05) is 20.2 Å². The van der Waals surface area contributed by atoms with Gasteiger partial charge in [-0.25, -0.2) is 4.39 Å². The van der Waals surface area contributed by atoms with E-state index in [9.17, 15) is 9.18 Å². The smallest absolute Gasteiger partial charge is 0.317 e. The van der Waals surface area contributed by atoms with E-state index in [1.165, 1.54) is 19.2 Å². The minimum absolute atomic E-state index is 0.0996. The van der Waals surface area contributed by atoms with E-state index in [4.69, 9.17) is 9.84 Å². The van der Waals surface area contributed by atoms with Crippen LogP contribution in [0.3, 0.4) is 0 Å². The van der Waals surface area contributed by atoms with Crippen LogP contribution < -0.4 is 10.1 Å². The molecule has 0 radical (unpaired) electrons. The molecule has 0 unspecified atom stereocenters. The van der Waals surface area contributed by atoms with Gasteiger partial charge in [0.2, 0.25) is 0 Å². The molecule has 5 heteroatoms. The van der Waals surface area contributed by atoms with Crippen LogP contribution in [0.5, 0.6) is 5.75 Å². The monoisotopic (exact) mass is 227 g/mol. The predicted octanol–water partition coefficient (Wildman–Crippen LogP) is 1.05. The van der Waals surface area contributed by atoms with Crippen LogP contribution in [0.4, 0.5) is 4.39 Å². The maximum absolute atomic E-state index is 13.0. The number of methoxy groups -OCH3 is 1. The fourth-order valence-electron chi connectivity index (χ4n) is 1.36. The lowest BCUT2D eigenvalue weighted by Crippen LogP contribution is -2.24. The van der Waals surface area contributed by atoms with Crippen molar-refractivity contribution >= 4 is 5.97 Å². The first-order valence-corrected chi connectivity index (χ1v) is 4.88. The SMILES string of the molecule is COc1ccc(F)cc1CCNCC(=O)O. The van der Waals surface area contributed by atoms with Gasteiger partial charge in [-0.3, -0.25) is 4.79 Å². The van der Waals surface area contributed by atoms with E-state index >= 15 is 0 Å². The number of ether oxygens (including phenoxy) is 1. The first kappa shape index (κ1) is 12.4. The normalized spacial score (nSPS) is 10.1. The first-order chi connectivity index (χ1) is 7.63. The van der Waals surface area contributed by atoms with Crippen molar-refractivity contribution in [3.05, 3.63) is 29.6 Å². The molecule has 1 aromatic carbocycles. The summed E-state index contributed by atoms with van der Waals surface area (Å²) in [4.78, 5) is 10.2. The first-order valence-electron chi connectivity index (χ1n) is 4.88. The van der Waals surface area contributed by atoms with E-state index in [0.717, 1.165) is 5.56 Å². The molecule has 0 aliphatic rings. The Morgan fingerprint density at radius 3 is 2.94 bits per heavy atom. The largest absolute Gasteiger partial charge is 0.496 e. The molecule has 1 aromatic rings. The Bertz CT molecular complexity index is 368. The fourth-order valence-corrected chi connectivity index (χ4v) is 1.36. The van der Waals surface area contributed by atoms with E-state index in [2.05, 4.69) is 5.32 Å². The number of halogens is 1. The molecule has 0 saturated carbocycles. The van der Waals surface area contributed by atoms with Crippen LogP contribution >= 0.6 is 0 Å². The van der Waals surface area contributed by atoms with Crippen molar-refractivity contribution in [3.63, 3.8) is 0 Å². The van der Waals surface area contributed by atoms with Gasteiger partial charge in [-0.15, -0.1) is 0 Å². The molecule has 0 fully saturated rings. The predicted molar refractivity (Wildman–Crippen MR) is 57.2 cm³/mol. The molecule has 16 heavy (non-hydrogen) atoms. The molecular formula is C11H14FNO3. The van der Waals surface area contributed by atoms with E-state index in [1.54, 1.807) is 6.07 Å². The highest BCUT2D eigenvalue weighted by atomic mass is 19.1. The third kappa shape index (κ3) is 3.86. The second-order valence-corrected chi connectivity index (χ2v) is 3.28. The van der Waals surface area contributed by atoms with Crippen molar-refractivity contribution in [3.8, 4) is 5.75 Å². The quantitative estimate of drug-likeness (QED) is 0.713. The van der Waals surface area contributed by atoms with Crippen LogP contribution in [0.1, 0.15) is 5.56 Å². The number of hydrogen-bond acceptors (Lipinski definition) is 3. The lowest BCUT2D eigenvalue weighted by molar-refractivity contribution is -0.135. The molecule has 0 aromatic heterocycles. The van der Waals surface area contributed by atoms with E-state index in [0.29, 0.717) is 18.7 Å². The topological polar surface area (TPSA) is 58.6 Å². The highest BCUT2D eigenvalue weighted by Gasteiger charge is 2.04. The van der Waals surface area contributed by atoms with Crippen LogP contribution in [-0.2, 0) is 11.2 Å². The van der Waals surface area contributed by atoms with Gasteiger partial charge in [0.1, 0.15) is 11.6 Å². The minimum Gasteiger partial charge on any atom is -0.496 e. The van der Waals surface area contributed by atoms with Crippen molar-refractivity contribution in [1.82, 2.24) is 5.32 Å². The van der Waals surface area contributed by atoms with Crippen molar-refractivity contribution in [1.29, 1.82) is 0 Å². The second kappa shape index (κ2) is 6.07. The van der Waals surface area contributed by atoms with E-state index < -0.39 is 5.97 Å². The van der Waals surface area contributed by atoms with Crippen molar-refractivity contribution in [2.24, 2.45) is 0 Å². The van der Waals surface area contributed by atoms with Crippen LogP contribution in [0, 0.1) is 5.82 Å². The summed E-state index contributed by atoms with van der Waals surface area (Å²) in [5.41, 5.74) is 0.723. The van der Waals surface area contributed by atoms with Gasteiger partial charge in [-0.2, -0.15) is 0 Å². The zero-order valence-corrected chi connectivity index (χ0v) is 9.00. The minimum atomic E-state index is -0.911. The Labute approximate surface area is 93.0 Å². The highest BCUT2D eigenvalue weighted by Crippen LogP contribution is 2.19. The molecule has 0 aliphatic heterocycles. The number of carboxylic acids is 1. The van der Waals surface area contributed by atoms with Crippen LogP contribution in [0.15, 0.2) is 18.2 Å². The average molecular weight is 227 g/mol. The number of hydrogen-bond donors (Lipinski definition) is 2. The average Bonchev–Trinajstić information content (AvgIpc) is 2.24. The van der Waals surface area contributed by atoms with Crippen molar-refractivity contribution in [2.45, 2.75) is 6.42 Å². The molecule has 88 valence electrons. The van der Waals surface area contributed by atoms with Gasteiger partial charge in [-0.05, 0) is 36.7 Å². The molecule has 0 spiro atoms. The van der Waals surface area contributed by atoms with Crippen LogP contribution in [0.25, 0.3) is 0 Å². The van der Waals surface area contributed by atoms with Crippen molar-refractivity contribution < 1.29 is 19.0 Å². The third-order valence-corrected chi connectivity index (χ3v) is 2.09. The lowest BCUT2D eigenvalue weighted by Gasteiger charge is -2.08. The molecule has 0 saturated heterocycles. The number of aliphatic carboxylic acids is 1. The molecule has 1 rings (SSSR count). The van der Waals surface area contributed by atoms with Gasteiger partial charge >= 0.3 is 5.97 Å². The van der Waals surface area contributed by atoms with Gasteiger partial charge in [0, 0.05) is 0 Å². The van der Waals surface area contributed by atoms with Crippen LogP contribution in [-0.4, -0.2) is 31.3 Å². The van der Waals surface area contributed by atoms with Gasteiger partial charge < -0.3 is 15.2 Å². The Kier molecular flexibility index (Phi) is 4.72. The fraction of sp³-hybridized carbons (Fsp3) is 0.364. The number of benzene rings is 1. The standard InChI is InChI=1S/C11H14FNO3/c1-16-10-3-2-9(12)6-8(10)4-5-13-7-11(14)15/h2-3,6,13H,4-5,7H2,1H3,(H,14,15). The Balaban J connectivity index is 2.51. The summed E-state index contributed by atoms with van der Waals surface area (Å²) in [6.07, 6.45) is 0.522. The molecule has 4 nitrogen and oxygen atoms in total. The number of carbonyl (C=O) groups is 1. The Morgan fingerprint density at radius 1 is 1.56 bits per heavy atom. The zero-order chi connectivity index (χ0) is 12.0. The van der Waals surface area contributed by atoms with Gasteiger partial charge in [0.25, 0.3) is 0 Å². The summed E-state index contributed by atoms with van der Waals surface area (Å²) < 4.78 is 18.0. The molecular weight excluding hydrogens is 213 g/mol. The van der Waals surface area contributed by atoms with Gasteiger partial charge in [0.05, 0.1) is 13.7 Å². The van der Waals surface area contributed by atoms with Gasteiger partial charge in [0.15, 0.2) is 0 Å². The summed E-state index contributed by atoms with van der Waals surface area (Å²) >= 11 is 0. The molecule has 0 atom stereocenters. The van der Waals surface area contributed by atoms with Crippen LogP contribution in [0.2, 0.25) is 0 Å². The molecule has 0 amide bonds. The number of nitrogens with one attached hydrogen (secondary N) is 1. The zero-order valence-electron chi connectivity index (χ0n) is 9.00. The number of rotatable bonds is 6.